The van der Waals surface area contributed by atoms with E-state index in [9.17, 15) is 9.59 Å². The van der Waals surface area contributed by atoms with Crippen molar-refractivity contribution in [1.29, 1.82) is 5.26 Å². The smallest absolute Gasteiger partial charge is 0.253 e. The molecule has 3 aliphatic rings. The zero-order valence-corrected chi connectivity index (χ0v) is 17.2. The number of piperazine rings is 1. The number of carbonyl (C=O) groups is 2. The number of anilines is 1. The van der Waals surface area contributed by atoms with Crippen molar-refractivity contribution in [3.8, 4) is 17.2 Å². The third-order valence-corrected chi connectivity index (χ3v) is 6.33. The SMILES string of the molecule is N#CC1Cc2cc(-c3ccc(C(=O)N4CCN(C(=O)C5CCO5)CC4)cc3)ccc2N1. The Labute approximate surface area is 181 Å². The fraction of sp³-hybridized carbons (Fsp3) is 0.375. The van der Waals surface area contributed by atoms with Crippen molar-refractivity contribution >= 4 is 17.5 Å². The van der Waals surface area contributed by atoms with Gasteiger partial charge in [0.2, 0.25) is 0 Å². The number of fused-ring (bicyclic) bond motifs is 1. The molecule has 2 atom stereocenters. The molecular weight excluding hydrogens is 392 g/mol. The second-order valence-electron chi connectivity index (χ2n) is 8.25. The monoisotopic (exact) mass is 416 g/mol. The molecule has 0 radical (unpaired) electrons. The van der Waals surface area contributed by atoms with Crippen LogP contribution >= 0.6 is 0 Å². The standard InChI is InChI=1S/C24H24N4O3/c25-15-20-14-19-13-18(5-6-21(19)26-20)16-1-3-17(4-2-16)23(29)27-8-10-28(11-9-27)24(30)22-7-12-31-22/h1-6,13,20,22,26H,7-12,14H2. The van der Waals surface area contributed by atoms with Gasteiger partial charge >= 0.3 is 0 Å². The molecule has 2 unspecified atom stereocenters. The third kappa shape index (κ3) is 3.75. The summed E-state index contributed by atoms with van der Waals surface area (Å²) < 4.78 is 5.28. The highest BCUT2D eigenvalue weighted by molar-refractivity contribution is 5.95. The maximum atomic E-state index is 12.9. The Morgan fingerprint density at radius 1 is 1.00 bits per heavy atom. The fourth-order valence-corrected chi connectivity index (χ4v) is 4.37. The molecule has 5 rings (SSSR count). The molecule has 2 aromatic carbocycles. The largest absolute Gasteiger partial charge is 0.369 e. The van der Waals surface area contributed by atoms with E-state index in [1.54, 1.807) is 4.90 Å². The number of benzene rings is 2. The van der Waals surface area contributed by atoms with Gasteiger partial charge in [0.25, 0.3) is 11.8 Å². The number of nitriles is 1. The van der Waals surface area contributed by atoms with E-state index in [1.165, 1.54) is 0 Å². The van der Waals surface area contributed by atoms with E-state index >= 15 is 0 Å². The van der Waals surface area contributed by atoms with Crippen molar-refractivity contribution in [3.05, 3.63) is 53.6 Å². The van der Waals surface area contributed by atoms with Crippen LogP contribution in [0.3, 0.4) is 0 Å². The van der Waals surface area contributed by atoms with Crippen molar-refractivity contribution in [2.75, 3.05) is 38.1 Å². The van der Waals surface area contributed by atoms with Crippen LogP contribution in [-0.4, -0.2) is 66.5 Å². The van der Waals surface area contributed by atoms with E-state index in [4.69, 9.17) is 10.00 Å². The van der Waals surface area contributed by atoms with Crippen LogP contribution in [0.25, 0.3) is 11.1 Å². The predicted molar refractivity (Wildman–Crippen MR) is 115 cm³/mol. The molecule has 0 aromatic heterocycles. The van der Waals surface area contributed by atoms with E-state index in [0.29, 0.717) is 44.8 Å². The first kappa shape index (κ1) is 19.6. The number of hydrogen-bond acceptors (Lipinski definition) is 5. The lowest BCUT2D eigenvalue weighted by molar-refractivity contribution is -0.157. The Kier molecular flexibility index (Phi) is 5.08. The molecule has 7 heteroatoms. The van der Waals surface area contributed by atoms with Gasteiger partial charge in [-0.15, -0.1) is 0 Å². The Bertz CT molecular complexity index is 1050. The van der Waals surface area contributed by atoms with Crippen LogP contribution in [-0.2, 0) is 16.0 Å². The van der Waals surface area contributed by atoms with Crippen molar-refractivity contribution < 1.29 is 14.3 Å². The van der Waals surface area contributed by atoms with Crippen LogP contribution in [0.2, 0.25) is 0 Å². The second-order valence-corrected chi connectivity index (χ2v) is 8.25. The lowest BCUT2D eigenvalue weighted by Gasteiger charge is -2.38. The summed E-state index contributed by atoms with van der Waals surface area (Å²) in [5.74, 6) is 0.0434. The van der Waals surface area contributed by atoms with E-state index in [1.807, 2.05) is 41.3 Å². The van der Waals surface area contributed by atoms with E-state index in [0.717, 1.165) is 28.8 Å². The molecule has 0 bridgehead atoms. The van der Waals surface area contributed by atoms with Gasteiger partial charge in [0, 0.05) is 50.3 Å². The topological polar surface area (TPSA) is 85.7 Å². The summed E-state index contributed by atoms with van der Waals surface area (Å²) in [5, 5.41) is 12.3. The first-order valence-electron chi connectivity index (χ1n) is 10.7. The van der Waals surface area contributed by atoms with E-state index in [-0.39, 0.29) is 24.0 Å². The summed E-state index contributed by atoms with van der Waals surface area (Å²) in [7, 11) is 0. The quantitative estimate of drug-likeness (QED) is 0.830. The van der Waals surface area contributed by atoms with Crippen LogP contribution in [0, 0.1) is 11.3 Å². The van der Waals surface area contributed by atoms with Crippen molar-refractivity contribution in [2.45, 2.75) is 25.0 Å². The zero-order valence-electron chi connectivity index (χ0n) is 17.2. The van der Waals surface area contributed by atoms with Gasteiger partial charge in [-0.3, -0.25) is 9.59 Å². The molecule has 3 aliphatic heterocycles. The van der Waals surface area contributed by atoms with Gasteiger partial charge in [0.05, 0.1) is 12.7 Å². The molecule has 1 N–H and O–H groups in total. The highest BCUT2D eigenvalue weighted by Gasteiger charge is 2.33. The highest BCUT2D eigenvalue weighted by atomic mass is 16.5. The minimum Gasteiger partial charge on any atom is -0.369 e. The maximum absolute atomic E-state index is 12.9. The predicted octanol–water partition coefficient (Wildman–Crippen LogP) is 2.29. The minimum absolute atomic E-state index is 0.00596. The van der Waals surface area contributed by atoms with Gasteiger partial charge in [-0.25, -0.2) is 0 Å². The number of ether oxygens (including phenoxy) is 1. The molecule has 2 saturated heterocycles. The summed E-state index contributed by atoms with van der Waals surface area (Å²) in [5.41, 5.74) is 4.92. The summed E-state index contributed by atoms with van der Waals surface area (Å²) in [6.07, 6.45) is 1.22. The lowest BCUT2D eigenvalue weighted by Crippen LogP contribution is -2.54. The van der Waals surface area contributed by atoms with E-state index in [2.05, 4.69) is 17.5 Å². The second kappa shape index (κ2) is 8.05. The van der Waals surface area contributed by atoms with Crippen LogP contribution in [0.15, 0.2) is 42.5 Å². The van der Waals surface area contributed by atoms with Gasteiger partial charge in [0.1, 0.15) is 12.1 Å². The van der Waals surface area contributed by atoms with Gasteiger partial charge in [-0.2, -0.15) is 5.26 Å². The van der Waals surface area contributed by atoms with Crippen molar-refractivity contribution in [3.63, 3.8) is 0 Å². The summed E-state index contributed by atoms with van der Waals surface area (Å²) in [6, 6.07) is 15.9. The average Bonchev–Trinajstić information content (AvgIpc) is 3.20. The Balaban J connectivity index is 1.22. The molecule has 2 amide bonds. The zero-order chi connectivity index (χ0) is 21.4. The van der Waals surface area contributed by atoms with E-state index < -0.39 is 0 Å². The minimum atomic E-state index is -0.282. The summed E-state index contributed by atoms with van der Waals surface area (Å²) in [6.45, 7) is 2.84. The highest BCUT2D eigenvalue weighted by Crippen LogP contribution is 2.31. The van der Waals surface area contributed by atoms with Gasteiger partial charge in [0.15, 0.2) is 0 Å². The fourth-order valence-electron chi connectivity index (χ4n) is 4.37. The molecule has 0 aliphatic carbocycles. The number of nitrogens with one attached hydrogen (secondary N) is 1. The number of amides is 2. The van der Waals surface area contributed by atoms with Crippen LogP contribution in [0.4, 0.5) is 5.69 Å². The molecular formula is C24H24N4O3. The average molecular weight is 416 g/mol. The van der Waals surface area contributed by atoms with Gasteiger partial charge in [-0.05, 0) is 41.0 Å². The molecule has 0 saturated carbocycles. The van der Waals surface area contributed by atoms with Crippen LogP contribution in [0.1, 0.15) is 22.3 Å². The van der Waals surface area contributed by atoms with Gasteiger partial charge in [-0.1, -0.05) is 18.2 Å². The Morgan fingerprint density at radius 2 is 1.68 bits per heavy atom. The Morgan fingerprint density at radius 3 is 2.32 bits per heavy atom. The molecule has 0 spiro atoms. The molecule has 3 heterocycles. The van der Waals surface area contributed by atoms with Crippen LogP contribution < -0.4 is 5.32 Å². The molecule has 7 nitrogen and oxygen atoms in total. The number of nitrogens with zero attached hydrogens (tertiary/aromatic N) is 3. The first-order chi connectivity index (χ1) is 15.1. The molecule has 2 aromatic rings. The van der Waals surface area contributed by atoms with Crippen molar-refractivity contribution in [1.82, 2.24) is 9.80 Å². The third-order valence-electron chi connectivity index (χ3n) is 6.33. The number of rotatable bonds is 3. The molecule has 2 fully saturated rings. The van der Waals surface area contributed by atoms with Crippen LogP contribution in [0.5, 0.6) is 0 Å². The number of hydrogen-bond donors (Lipinski definition) is 1. The molecule has 31 heavy (non-hydrogen) atoms. The number of carbonyl (C=O) groups excluding carboxylic acids is 2. The normalized spacial score (nSPS) is 22.2. The lowest BCUT2D eigenvalue weighted by atomic mass is 10.00. The Hall–Kier alpha value is -3.37. The maximum Gasteiger partial charge on any atom is 0.253 e. The summed E-state index contributed by atoms with van der Waals surface area (Å²) in [4.78, 5) is 28.8. The summed E-state index contributed by atoms with van der Waals surface area (Å²) >= 11 is 0. The first-order valence-corrected chi connectivity index (χ1v) is 10.7. The van der Waals surface area contributed by atoms with Gasteiger partial charge < -0.3 is 19.9 Å². The van der Waals surface area contributed by atoms with Crippen molar-refractivity contribution in [2.24, 2.45) is 0 Å². The molecule has 158 valence electrons.